The van der Waals surface area contributed by atoms with Crippen molar-refractivity contribution in [1.29, 1.82) is 5.26 Å². The number of methoxy groups -OCH3 is 1. The predicted molar refractivity (Wildman–Crippen MR) is 64.2 cm³/mol. The quantitative estimate of drug-likeness (QED) is 0.574. The molecule has 2 N–H and O–H groups in total. The van der Waals surface area contributed by atoms with Crippen molar-refractivity contribution in [2.45, 2.75) is 6.10 Å². The van der Waals surface area contributed by atoms with Crippen LogP contribution in [0.4, 0.5) is 11.4 Å². The first-order chi connectivity index (χ1) is 8.58. The second kappa shape index (κ2) is 6.54. The lowest BCUT2D eigenvalue weighted by Gasteiger charge is -2.12. The summed E-state index contributed by atoms with van der Waals surface area (Å²) in [5.41, 5.74) is 0.372. The third kappa shape index (κ3) is 3.69. The summed E-state index contributed by atoms with van der Waals surface area (Å²) in [6.45, 7) is 0.225. The van der Waals surface area contributed by atoms with Gasteiger partial charge in [0.1, 0.15) is 5.69 Å². The van der Waals surface area contributed by atoms with Crippen LogP contribution in [-0.4, -0.2) is 36.4 Å². The zero-order valence-corrected chi connectivity index (χ0v) is 9.79. The normalized spacial score (nSPS) is 11.6. The van der Waals surface area contributed by atoms with Gasteiger partial charge < -0.3 is 15.2 Å². The third-order valence-electron chi connectivity index (χ3n) is 2.21. The second-order valence-electron chi connectivity index (χ2n) is 3.59. The van der Waals surface area contributed by atoms with Crippen LogP contribution in [-0.2, 0) is 4.74 Å². The number of hydrogen-bond donors (Lipinski definition) is 2. The highest BCUT2D eigenvalue weighted by molar-refractivity contribution is 5.64. The van der Waals surface area contributed by atoms with Gasteiger partial charge in [0.25, 0.3) is 5.69 Å². The van der Waals surface area contributed by atoms with Crippen LogP contribution >= 0.6 is 0 Å². The minimum Gasteiger partial charge on any atom is -0.389 e. The molecule has 1 aromatic carbocycles. The maximum Gasteiger partial charge on any atom is 0.292 e. The van der Waals surface area contributed by atoms with Crippen LogP contribution in [0.1, 0.15) is 5.56 Å². The van der Waals surface area contributed by atoms with Gasteiger partial charge in [-0.15, -0.1) is 0 Å². The molecule has 7 heteroatoms. The average Bonchev–Trinajstić information content (AvgIpc) is 2.36. The van der Waals surface area contributed by atoms with Gasteiger partial charge in [-0.1, -0.05) is 0 Å². The summed E-state index contributed by atoms with van der Waals surface area (Å²) in [5, 5.41) is 31.7. The molecule has 0 amide bonds. The van der Waals surface area contributed by atoms with Gasteiger partial charge in [0.05, 0.1) is 29.3 Å². The number of aliphatic hydroxyl groups is 1. The van der Waals surface area contributed by atoms with E-state index in [4.69, 9.17) is 10.00 Å². The number of nitriles is 1. The largest absolute Gasteiger partial charge is 0.389 e. The van der Waals surface area contributed by atoms with E-state index in [9.17, 15) is 15.2 Å². The molecule has 0 bridgehead atoms. The Morgan fingerprint density at radius 3 is 2.94 bits per heavy atom. The number of anilines is 1. The number of nitrogens with zero attached hydrogens (tertiary/aromatic N) is 2. The van der Waals surface area contributed by atoms with Crippen molar-refractivity contribution in [3.8, 4) is 6.07 Å². The molecule has 0 aliphatic carbocycles. The first-order valence-electron chi connectivity index (χ1n) is 5.18. The SMILES string of the molecule is COCC(O)CNc1cc(C#N)ccc1[N+](=O)[O-]. The summed E-state index contributed by atoms with van der Waals surface area (Å²) < 4.78 is 4.74. The lowest BCUT2D eigenvalue weighted by Crippen LogP contribution is -2.24. The van der Waals surface area contributed by atoms with E-state index in [1.807, 2.05) is 6.07 Å². The Labute approximate surface area is 104 Å². The Kier molecular flexibility index (Phi) is 5.05. The van der Waals surface area contributed by atoms with Crippen molar-refractivity contribution in [3.63, 3.8) is 0 Å². The van der Waals surface area contributed by atoms with Gasteiger partial charge in [-0.2, -0.15) is 5.26 Å². The number of hydrogen-bond acceptors (Lipinski definition) is 6. The molecular formula is C11H13N3O4. The molecule has 1 atom stereocenters. The second-order valence-corrected chi connectivity index (χ2v) is 3.59. The number of nitrogens with one attached hydrogen (secondary N) is 1. The smallest absolute Gasteiger partial charge is 0.292 e. The fraction of sp³-hybridized carbons (Fsp3) is 0.364. The van der Waals surface area contributed by atoms with E-state index < -0.39 is 11.0 Å². The molecule has 1 unspecified atom stereocenters. The highest BCUT2D eigenvalue weighted by atomic mass is 16.6. The van der Waals surface area contributed by atoms with Crippen LogP contribution in [0.25, 0.3) is 0 Å². The van der Waals surface area contributed by atoms with Gasteiger partial charge in [0, 0.05) is 19.7 Å². The minimum absolute atomic E-state index is 0.101. The lowest BCUT2D eigenvalue weighted by atomic mass is 10.2. The van der Waals surface area contributed by atoms with Gasteiger partial charge in [-0.3, -0.25) is 10.1 Å². The number of aliphatic hydroxyl groups excluding tert-OH is 1. The fourth-order valence-corrected chi connectivity index (χ4v) is 1.39. The molecule has 0 saturated heterocycles. The molecular weight excluding hydrogens is 238 g/mol. The molecule has 1 aromatic rings. The topological polar surface area (TPSA) is 108 Å². The minimum atomic E-state index is -0.777. The summed E-state index contributed by atoms with van der Waals surface area (Å²) in [5.74, 6) is 0. The summed E-state index contributed by atoms with van der Waals surface area (Å²) in [7, 11) is 1.45. The maximum atomic E-state index is 10.8. The Morgan fingerprint density at radius 1 is 1.67 bits per heavy atom. The molecule has 0 radical (unpaired) electrons. The van der Waals surface area contributed by atoms with Crippen LogP contribution in [0.5, 0.6) is 0 Å². The Morgan fingerprint density at radius 2 is 2.39 bits per heavy atom. The molecule has 0 aliphatic heterocycles. The number of benzene rings is 1. The zero-order chi connectivity index (χ0) is 13.5. The molecule has 0 fully saturated rings. The van der Waals surface area contributed by atoms with E-state index >= 15 is 0 Å². The summed E-state index contributed by atoms with van der Waals surface area (Å²) >= 11 is 0. The lowest BCUT2D eigenvalue weighted by molar-refractivity contribution is -0.384. The zero-order valence-electron chi connectivity index (χ0n) is 9.79. The predicted octanol–water partition coefficient (Wildman–Crippen LogP) is 0.886. The maximum absolute atomic E-state index is 10.8. The molecule has 96 valence electrons. The number of nitro benzene ring substituents is 1. The van der Waals surface area contributed by atoms with E-state index in [1.165, 1.54) is 25.3 Å². The molecule has 18 heavy (non-hydrogen) atoms. The highest BCUT2D eigenvalue weighted by Gasteiger charge is 2.15. The summed E-state index contributed by atoms with van der Waals surface area (Å²) in [6.07, 6.45) is -0.777. The molecule has 0 aliphatic rings. The van der Waals surface area contributed by atoms with Crippen LogP contribution in [0.15, 0.2) is 18.2 Å². The highest BCUT2D eigenvalue weighted by Crippen LogP contribution is 2.25. The summed E-state index contributed by atoms with van der Waals surface area (Å²) in [4.78, 5) is 10.2. The van der Waals surface area contributed by atoms with Crippen LogP contribution in [0, 0.1) is 21.4 Å². The Hall–Kier alpha value is -2.17. The first kappa shape index (κ1) is 13.9. The molecule has 7 nitrogen and oxygen atoms in total. The van der Waals surface area contributed by atoms with Crippen molar-refractivity contribution in [2.24, 2.45) is 0 Å². The van der Waals surface area contributed by atoms with Crippen molar-refractivity contribution >= 4 is 11.4 Å². The van der Waals surface area contributed by atoms with Gasteiger partial charge in [-0.05, 0) is 12.1 Å². The van der Waals surface area contributed by atoms with Gasteiger partial charge in [0.2, 0.25) is 0 Å². The Balaban J connectivity index is 2.85. The van der Waals surface area contributed by atoms with Crippen LogP contribution in [0.2, 0.25) is 0 Å². The number of ether oxygens (including phenoxy) is 1. The van der Waals surface area contributed by atoms with E-state index in [-0.39, 0.29) is 24.5 Å². The van der Waals surface area contributed by atoms with E-state index in [0.717, 1.165) is 0 Å². The van der Waals surface area contributed by atoms with Gasteiger partial charge in [-0.25, -0.2) is 0 Å². The van der Waals surface area contributed by atoms with E-state index in [1.54, 1.807) is 0 Å². The third-order valence-corrected chi connectivity index (χ3v) is 2.21. The summed E-state index contributed by atoms with van der Waals surface area (Å²) in [6, 6.07) is 5.89. The molecule has 0 aromatic heterocycles. The average molecular weight is 251 g/mol. The van der Waals surface area contributed by atoms with Crippen molar-refractivity contribution in [1.82, 2.24) is 0 Å². The molecule has 0 saturated carbocycles. The van der Waals surface area contributed by atoms with Crippen LogP contribution in [0.3, 0.4) is 0 Å². The van der Waals surface area contributed by atoms with E-state index in [2.05, 4.69) is 5.32 Å². The van der Waals surface area contributed by atoms with E-state index in [0.29, 0.717) is 5.56 Å². The van der Waals surface area contributed by atoms with Gasteiger partial charge in [0.15, 0.2) is 0 Å². The number of rotatable bonds is 6. The molecule has 1 rings (SSSR count). The van der Waals surface area contributed by atoms with Crippen molar-refractivity contribution < 1.29 is 14.8 Å². The Bertz CT molecular complexity index is 470. The fourth-order valence-electron chi connectivity index (χ4n) is 1.39. The first-order valence-corrected chi connectivity index (χ1v) is 5.18. The molecule has 0 heterocycles. The van der Waals surface area contributed by atoms with Crippen molar-refractivity contribution in [3.05, 3.63) is 33.9 Å². The molecule has 0 spiro atoms. The van der Waals surface area contributed by atoms with Crippen LogP contribution < -0.4 is 5.32 Å². The van der Waals surface area contributed by atoms with Gasteiger partial charge >= 0.3 is 0 Å². The van der Waals surface area contributed by atoms with Crippen molar-refractivity contribution in [2.75, 3.05) is 25.6 Å². The standard InChI is InChI=1S/C11H13N3O4/c1-18-7-9(15)6-13-10-4-8(5-12)2-3-11(10)14(16)17/h2-4,9,13,15H,6-7H2,1H3. The number of nitro groups is 1. The monoisotopic (exact) mass is 251 g/mol.